The van der Waals surface area contributed by atoms with E-state index in [0.717, 1.165) is 37.8 Å². The van der Waals surface area contributed by atoms with Crippen LogP contribution in [0, 0.1) is 5.92 Å². The van der Waals surface area contributed by atoms with Crippen molar-refractivity contribution < 1.29 is 19.1 Å². The number of hydrogen-bond acceptors (Lipinski definition) is 5. The molecule has 1 aliphatic heterocycles. The van der Waals surface area contributed by atoms with Gasteiger partial charge in [-0.05, 0) is 31.6 Å². The lowest BCUT2D eigenvalue weighted by atomic mass is 9.86. The van der Waals surface area contributed by atoms with Gasteiger partial charge in [-0.3, -0.25) is 4.79 Å². The van der Waals surface area contributed by atoms with E-state index < -0.39 is 0 Å². The first kappa shape index (κ1) is 16.7. The molecule has 23 heavy (non-hydrogen) atoms. The number of ether oxygens (including phenoxy) is 2. The fraction of sp³-hybridized carbons (Fsp3) is 0.882. The molecule has 2 aliphatic carbocycles. The molecule has 3 fully saturated rings. The van der Waals surface area contributed by atoms with E-state index in [2.05, 4.69) is 17.4 Å². The maximum absolute atomic E-state index is 12.0. The predicted octanol–water partition coefficient (Wildman–Crippen LogP) is 2.37. The Balaban J connectivity index is 1.36. The molecule has 0 unspecified atom stereocenters. The van der Waals surface area contributed by atoms with Gasteiger partial charge < -0.3 is 19.6 Å². The van der Waals surface area contributed by atoms with E-state index in [0.29, 0.717) is 25.2 Å². The monoisotopic (exact) mass is 324 g/mol. The number of carbonyl (C=O) groups is 1. The number of oxime groups is 1. The van der Waals surface area contributed by atoms with Crippen molar-refractivity contribution in [1.82, 2.24) is 5.32 Å². The Labute approximate surface area is 137 Å². The number of carbonyl (C=O) groups excluding carboxylic acids is 1. The zero-order valence-corrected chi connectivity index (χ0v) is 14.0. The van der Waals surface area contributed by atoms with Crippen LogP contribution in [0.15, 0.2) is 5.16 Å². The summed E-state index contributed by atoms with van der Waals surface area (Å²) >= 11 is 0. The normalized spacial score (nSPS) is 30.2. The van der Waals surface area contributed by atoms with Crippen molar-refractivity contribution in [2.45, 2.75) is 70.1 Å². The largest absolute Gasteiger partial charge is 0.386 e. The minimum Gasteiger partial charge on any atom is -0.386 e. The molecule has 1 heterocycles. The molecule has 1 saturated heterocycles. The highest BCUT2D eigenvalue weighted by atomic mass is 16.7. The van der Waals surface area contributed by atoms with Crippen LogP contribution in [0.2, 0.25) is 0 Å². The topological polar surface area (TPSA) is 69.2 Å². The number of rotatable bonds is 4. The van der Waals surface area contributed by atoms with E-state index >= 15 is 0 Å². The number of amides is 1. The first-order chi connectivity index (χ1) is 11.2. The molecule has 2 saturated carbocycles. The summed E-state index contributed by atoms with van der Waals surface area (Å²) in [4.78, 5) is 17.2. The lowest BCUT2D eigenvalue weighted by Crippen LogP contribution is -2.42. The van der Waals surface area contributed by atoms with Gasteiger partial charge in [0.25, 0.3) is 5.91 Å². The molecule has 1 amide bonds. The van der Waals surface area contributed by atoms with Crippen LogP contribution >= 0.6 is 0 Å². The lowest BCUT2D eigenvalue weighted by Gasteiger charge is -2.31. The minimum atomic E-state index is -0.381. The second-order valence-electron chi connectivity index (χ2n) is 6.97. The Hall–Kier alpha value is -1.14. The van der Waals surface area contributed by atoms with Gasteiger partial charge in [-0.15, -0.1) is 0 Å². The van der Waals surface area contributed by atoms with Crippen LogP contribution in [0.1, 0.15) is 58.3 Å². The highest BCUT2D eigenvalue weighted by Gasteiger charge is 2.39. The van der Waals surface area contributed by atoms with E-state index in [-0.39, 0.29) is 18.3 Å². The average Bonchev–Trinajstić information content (AvgIpc) is 3.00. The molecule has 3 rings (SSSR count). The fourth-order valence-corrected chi connectivity index (χ4v) is 3.76. The maximum atomic E-state index is 12.0. The van der Waals surface area contributed by atoms with Gasteiger partial charge in [0.15, 0.2) is 12.4 Å². The van der Waals surface area contributed by atoms with Crippen LogP contribution < -0.4 is 5.32 Å². The van der Waals surface area contributed by atoms with Crippen LogP contribution in [-0.2, 0) is 19.1 Å². The molecule has 130 valence electrons. The summed E-state index contributed by atoms with van der Waals surface area (Å²) in [5.74, 6) is 0.107. The molecule has 6 nitrogen and oxygen atoms in total. The molecule has 0 aromatic rings. The Bertz CT molecular complexity index is 434. The molecule has 2 atom stereocenters. The van der Waals surface area contributed by atoms with Gasteiger partial charge in [-0.25, -0.2) is 0 Å². The van der Waals surface area contributed by atoms with Gasteiger partial charge in [0.05, 0.1) is 18.9 Å². The van der Waals surface area contributed by atoms with Gasteiger partial charge in [0.1, 0.15) is 0 Å². The second kappa shape index (κ2) is 7.62. The number of nitrogens with zero attached hydrogens (tertiary/aromatic N) is 1. The summed E-state index contributed by atoms with van der Waals surface area (Å²) < 4.78 is 11.4. The molecule has 0 radical (unpaired) electrons. The van der Waals surface area contributed by atoms with Crippen LogP contribution in [-0.4, -0.2) is 43.3 Å². The Morgan fingerprint density at radius 3 is 2.65 bits per heavy atom. The molecule has 1 N–H and O–H groups in total. The third-order valence-corrected chi connectivity index (χ3v) is 5.25. The highest BCUT2D eigenvalue weighted by Crippen LogP contribution is 2.34. The molecule has 0 bridgehead atoms. The van der Waals surface area contributed by atoms with Crippen molar-refractivity contribution in [3.63, 3.8) is 0 Å². The first-order valence-corrected chi connectivity index (χ1v) is 8.92. The van der Waals surface area contributed by atoms with Crippen molar-refractivity contribution in [1.29, 1.82) is 0 Å². The van der Waals surface area contributed by atoms with E-state index in [4.69, 9.17) is 14.3 Å². The minimum absolute atomic E-state index is 0.00482. The Kier molecular flexibility index (Phi) is 5.54. The van der Waals surface area contributed by atoms with Crippen molar-refractivity contribution in [2.75, 3.05) is 19.8 Å². The Morgan fingerprint density at radius 2 is 1.96 bits per heavy atom. The number of hydrogen-bond donors (Lipinski definition) is 1. The van der Waals surface area contributed by atoms with E-state index in [1.807, 2.05) is 0 Å². The predicted molar refractivity (Wildman–Crippen MR) is 86.1 cm³/mol. The van der Waals surface area contributed by atoms with E-state index in [9.17, 15) is 4.79 Å². The zero-order chi connectivity index (χ0) is 16.1. The maximum Gasteiger partial charge on any atom is 0.261 e. The highest BCUT2D eigenvalue weighted by molar-refractivity contribution is 5.85. The van der Waals surface area contributed by atoms with Crippen molar-refractivity contribution >= 4 is 11.6 Å². The smallest absolute Gasteiger partial charge is 0.261 e. The zero-order valence-electron chi connectivity index (χ0n) is 14.0. The van der Waals surface area contributed by atoms with Gasteiger partial charge in [0, 0.05) is 18.9 Å². The van der Waals surface area contributed by atoms with Crippen LogP contribution in [0.4, 0.5) is 0 Å². The number of nitrogens with one attached hydrogen (secondary N) is 1. The summed E-state index contributed by atoms with van der Waals surface area (Å²) in [6.45, 7) is 3.58. The fourth-order valence-electron chi connectivity index (χ4n) is 3.76. The van der Waals surface area contributed by atoms with Gasteiger partial charge in [-0.1, -0.05) is 24.9 Å². The van der Waals surface area contributed by atoms with Gasteiger partial charge in [-0.2, -0.15) is 0 Å². The average molecular weight is 324 g/mol. The van der Waals surface area contributed by atoms with Crippen LogP contribution in [0.5, 0.6) is 0 Å². The van der Waals surface area contributed by atoms with Gasteiger partial charge >= 0.3 is 0 Å². The molecule has 6 heteroatoms. The molecule has 1 spiro atoms. The van der Waals surface area contributed by atoms with Crippen molar-refractivity contribution in [3.8, 4) is 0 Å². The molecular formula is C17H28N2O4. The van der Waals surface area contributed by atoms with E-state index in [1.54, 1.807) is 0 Å². The molecule has 0 aromatic heterocycles. The summed E-state index contributed by atoms with van der Waals surface area (Å²) in [5.41, 5.74) is 0.994. The summed E-state index contributed by atoms with van der Waals surface area (Å²) in [7, 11) is 0. The third kappa shape index (κ3) is 4.44. The lowest BCUT2D eigenvalue weighted by molar-refractivity contribution is -0.168. The van der Waals surface area contributed by atoms with Gasteiger partial charge in [0.2, 0.25) is 0 Å². The SMILES string of the molecule is C[C@H]1CCCC[C@@H]1NC(=O)CON=C1CCC2(CC1)OCCO2. The summed E-state index contributed by atoms with van der Waals surface area (Å²) in [6.07, 6.45) is 7.99. The Morgan fingerprint density at radius 1 is 1.26 bits per heavy atom. The van der Waals surface area contributed by atoms with Crippen molar-refractivity contribution in [3.05, 3.63) is 0 Å². The summed E-state index contributed by atoms with van der Waals surface area (Å²) in [5, 5.41) is 7.21. The van der Waals surface area contributed by atoms with E-state index in [1.165, 1.54) is 19.3 Å². The molecule has 3 aliphatic rings. The second-order valence-corrected chi connectivity index (χ2v) is 6.97. The quantitative estimate of drug-likeness (QED) is 0.806. The first-order valence-electron chi connectivity index (χ1n) is 8.92. The van der Waals surface area contributed by atoms with Crippen LogP contribution in [0.3, 0.4) is 0 Å². The molecule has 0 aromatic carbocycles. The van der Waals surface area contributed by atoms with Crippen LogP contribution in [0.25, 0.3) is 0 Å². The van der Waals surface area contributed by atoms with Crippen molar-refractivity contribution in [2.24, 2.45) is 11.1 Å². The molecular weight excluding hydrogens is 296 g/mol. The third-order valence-electron chi connectivity index (χ3n) is 5.25. The summed E-state index contributed by atoms with van der Waals surface area (Å²) in [6, 6.07) is 0.290. The standard InChI is InChI=1S/C17H28N2O4/c1-13-4-2-3-5-15(13)18-16(20)12-23-19-14-6-8-17(9-7-14)21-10-11-22-17/h13,15H,2-12H2,1H3,(H,18,20)/t13-,15-/m0/s1.